The van der Waals surface area contributed by atoms with Crippen LogP contribution in [0.2, 0.25) is 0 Å². The van der Waals surface area contributed by atoms with Gasteiger partial charge in [0.15, 0.2) is 10.8 Å². The molecule has 1 saturated heterocycles. The van der Waals surface area contributed by atoms with E-state index in [1.54, 1.807) is 0 Å². The van der Waals surface area contributed by atoms with Crippen LogP contribution in [0.3, 0.4) is 0 Å². The van der Waals surface area contributed by atoms with Crippen LogP contribution in [0.5, 0.6) is 0 Å². The van der Waals surface area contributed by atoms with Gasteiger partial charge in [0.2, 0.25) is 0 Å². The number of nitrogens with two attached hydrogens (primary N) is 1. The molecule has 2 aliphatic rings. The molecule has 2 aliphatic heterocycles. The Labute approximate surface area is 217 Å². The number of rotatable bonds is 9. The maximum atomic E-state index is 13.1. The summed E-state index contributed by atoms with van der Waals surface area (Å²) in [5.41, 5.74) is 6.86. The van der Waals surface area contributed by atoms with E-state index in [2.05, 4.69) is 15.5 Å². The zero-order valence-electron chi connectivity index (χ0n) is 19.1. The van der Waals surface area contributed by atoms with E-state index in [4.69, 9.17) is 10.6 Å². The van der Waals surface area contributed by atoms with Crippen LogP contribution in [0.4, 0.5) is 9.52 Å². The Morgan fingerprint density at radius 3 is 2.95 bits per heavy atom. The minimum Gasteiger partial charge on any atom is -0.477 e. The number of oxime groups is 1. The molecule has 0 saturated carbocycles. The third-order valence-electron chi connectivity index (χ3n) is 5.77. The molecule has 0 spiro atoms. The molecule has 0 bridgehead atoms. The first-order valence-electron chi connectivity index (χ1n) is 11.0. The molecule has 192 valence electrons. The zero-order chi connectivity index (χ0) is 26.1. The van der Waals surface area contributed by atoms with Crippen molar-refractivity contribution in [3.05, 3.63) is 59.1 Å². The summed E-state index contributed by atoms with van der Waals surface area (Å²) in [6.45, 7) is -0.886. The predicted octanol–water partition coefficient (Wildman–Crippen LogP) is 0.395. The number of nitrogens with zero attached hydrogens (tertiary/aromatic N) is 5. The van der Waals surface area contributed by atoms with E-state index >= 15 is 0 Å². The number of thioether (sulfide) groups is 1. The number of pyridine rings is 1. The number of aliphatic carboxylic acids is 1. The van der Waals surface area contributed by atoms with Crippen LogP contribution in [0.1, 0.15) is 5.69 Å². The molecule has 15 heteroatoms. The van der Waals surface area contributed by atoms with E-state index in [-0.39, 0.29) is 35.4 Å². The van der Waals surface area contributed by atoms with Gasteiger partial charge < -0.3 is 21.0 Å². The molecule has 1 fully saturated rings. The largest absolute Gasteiger partial charge is 0.477 e. The third kappa shape index (κ3) is 4.62. The molecular weight excluding hydrogens is 525 g/mol. The van der Waals surface area contributed by atoms with Crippen molar-refractivity contribution >= 4 is 57.4 Å². The molecule has 0 radical (unpaired) electrons. The lowest BCUT2D eigenvalue weighted by molar-refractivity contribution is -0.662. The number of fused-ring (bicyclic) bond motifs is 2. The van der Waals surface area contributed by atoms with Crippen molar-refractivity contribution in [2.24, 2.45) is 5.16 Å². The predicted molar refractivity (Wildman–Crippen MR) is 132 cm³/mol. The van der Waals surface area contributed by atoms with Crippen LogP contribution in [-0.2, 0) is 25.8 Å². The van der Waals surface area contributed by atoms with Crippen LogP contribution < -0.4 is 15.6 Å². The lowest BCUT2D eigenvalue weighted by atomic mass is 10.0. The summed E-state index contributed by atoms with van der Waals surface area (Å²) >= 11 is 2.43. The minimum absolute atomic E-state index is 0.0884. The highest BCUT2D eigenvalue weighted by molar-refractivity contribution is 8.00. The number of amides is 2. The Bertz CT molecular complexity index is 1450. The number of carbonyl (C=O) groups is 3. The molecule has 2 atom stereocenters. The number of hydrogen-bond acceptors (Lipinski definition) is 9. The van der Waals surface area contributed by atoms with Crippen LogP contribution in [0, 0.1) is 0 Å². The van der Waals surface area contributed by atoms with Gasteiger partial charge in [0, 0.05) is 22.8 Å². The van der Waals surface area contributed by atoms with E-state index < -0.39 is 35.9 Å². The number of nitrogens with one attached hydrogen (secondary N) is 1. The van der Waals surface area contributed by atoms with Crippen molar-refractivity contribution in [2.75, 3.05) is 24.8 Å². The Morgan fingerprint density at radius 1 is 1.38 bits per heavy atom. The second kappa shape index (κ2) is 10.2. The van der Waals surface area contributed by atoms with Crippen molar-refractivity contribution < 1.29 is 33.3 Å². The number of carbonyl (C=O) groups excluding carboxylic acids is 2. The Morgan fingerprint density at radius 2 is 2.22 bits per heavy atom. The van der Waals surface area contributed by atoms with E-state index in [1.165, 1.54) is 22.0 Å². The van der Waals surface area contributed by atoms with Crippen LogP contribution in [-0.4, -0.2) is 73.3 Å². The molecule has 5 heterocycles. The molecular formula is C22H21FN7O5S2+. The summed E-state index contributed by atoms with van der Waals surface area (Å²) in [4.78, 5) is 48.3. The van der Waals surface area contributed by atoms with Gasteiger partial charge in [-0.2, -0.15) is 0 Å². The number of halogens is 1. The van der Waals surface area contributed by atoms with E-state index in [0.717, 1.165) is 17.0 Å². The average Bonchev–Trinajstić information content (AvgIpc) is 3.50. The van der Waals surface area contributed by atoms with Gasteiger partial charge in [-0.25, -0.2) is 23.1 Å². The molecule has 4 N–H and O–H groups in total. The third-order valence-corrected chi connectivity index (χ3v) is 7.78. The number of aromatic nitrogens is 3. The summed E-state index contributed by atoms with van der Waals surface area (Å²) in [5, 5.41) is 17.3. The number of alkyl halides is 1. The van der Waals surface area contributed by atoms with Crippen LogP contribution >= 0.6 is 23.1 Å². The number of imidazole rings is 1. The van der Waals surface area contributed by atoms with Crippen molar-refractivity contribution in [3.8, 4) is 0 Å². The standard InChI is InChI=1S/C22H20FN7O5S2/c23-4-8-35-27-15(13-11-37-22(24)25-13)18(31)26-16-19(32)30-17(21(33)34)12(10-36-20(16)30)9-29-7-6-28-5-2-1-3-14(28)29/h1-3,5-7,11,16,20H,4,8-10H2,(H3-,24,25,26,31,33,34)/p+1/b27-15-/t16-,20-/m1/s1. The first-order valence-corrected chi connectivity index (χ1v) is 12.9. The SMILES string of the molecule is Nc1nc(/C(=N/OCCF)C(=O)N[C@@H]2C(=O)N3C(C(=O)O)=C(C[n+]4ccn5ccccc54)CS[C@H]23)cs1. The molecule has 0 aliphatic carbocycles. The molecule has 3 aromatic rings. The minimum atomic E-state index is -1.22. The maximum absolute atomic E-state index is 13.1. The highest BCUT2D eigenvalue weighted by Crippen LogP contribution is 2.40. The Hall–Kier alpha value is -3.98. The number of β-lactam (4-membered cyclic amide) rings is 1. The van der Waals surface area contributed by atoms with Gasteiger partial charge in [0.1, 0.15) is 55.0 Å². The summed E-state index contributed by atoms with van der Waals surface area (Å²) in [5.74, 6) is -2.20. The summed E-state index contributed by atoms with van der Waals surface area (Å²) in [6, 6.07) is 4.70. The highest BCUT2D eigenvalue weighted by Gasteiger charge is 2.54. The van der Waals surface area contributed by atoms with Crippen molar-refractivity contribution in [1.82, 2.24) is 19.6 Å². The summed E-state index contributed by atoms with van der Waals surface area (Å²) < 4.78 is 16.3. The number of carboxylic acid groups (broad SMARTS) is 1. The molecule has 0 unspecified atom stereocenters. The molecule has 37 heavy (non-hydrogen) atoms. The van der Waals surface area contributed by atoms with E-state index in [1.807, 2.05) is 45.8 Å². The zero-order valence-corrected chi connectivity index (χ0v) is 20.7. The Balaban J connectivity index is 1.36. The second-order valence-electron chi connectivity index (χ2n) is 8.04. The van der Waals surface area contributed by atoms with Crippen molar-refractivity contribution in [3.63, 3.8) is 0 Å². The van der Waals surface area contributed by atoms with Gasteiger partial charge in [0.25, 0.3) is 17.5 Å². The van der Waals surface area contributed by atoms with Gasteiger partial charge in [-0.3, -0.25) is 14.5 Å². The second-order valence-corrected chi connectivity index (χ2v) is 10.0. The number of hydrogen-bond donors (Lipinski definition) is 3. The topological polar surface area (TPSA) is 155 Å². The van der Waals surface area contributed by atoms with Gasteiger partial charge in [0.05, 0.1) is 6.20 Å². The smallest absolute Gasteiger partial charge is 0.352 e. The monoisotopic (exact) mass is 546 g/mol. The molecule has 5 rings (SSSR count). The lowest BCUT2D eigenvalue weighted by Crippen LogP contribution is -2.71. The molecule has 2 amide bonds. The number of nitrogen functional groups attached to an aromatic ring is 1. The number of anilines is 1. The molecule has 0 aromatic carbocycles. The van der Waals surface area contributed by atoms with E-state index in [9.17, 15) is 23.9 Å². The van der Waals surface area contributed by atoms with Gasteiger partial charge in [-0.1, -0.05) is 11.2 Å². The molecule has 12 nitrogen and oxygen atoms in total. The van der Waals surface area contributed by atoms with Crippen LogP contribution in [0.25, 0.3) is 5.65 Å². The van der Waals surface area contributed by atoms with E-state index in [0.29, 0.717) is 11.3 Å². The first kappa shape index (κ1) is 24.7. The summed E-state index contributed by atoms with van der Waals surface area (Å²) in [6.07, 6.45) is 5.59. The average molecular weight is 547 g/mol. The normalized spacial score (nSPS) is 19.5. The quantitative estimate of drug-likeness (QED) is 0.114. The van der Waals surface area contributed by atoms with Crippen LogP contribution in [0.15, 0.2) is 58.6 Å². The van der Waals surface area contributed by atoms with Gasteiger partial charge >= 0.3 is 5.97 Å². The van der Waals surface area contributed by atoms with Crippen molar-refractivity contribution in [2.45, 2.75) is 18.0 Å². The Kier molecular flexibility index (Phi) is 6.80. The fraction of sp³-hybridized carbons (Fsp3) is 0.273. The molecule has 3 aromatic heterocycles. The lowest BCUT2D eigenvalue weighted by Gasteiger charge is -2.49. The number of carboxylic acids is 1. The highest BCUT2D eigenvalue weighted by atomic mass is 32.2. The van der Waals surface area contributed by atoms with Gasteiger partial charge in [-0.15, -0.1) is 23.1 Å². The summed E-state index contributed by atoms with van der Waals surface area (Å²) in [7, 11) is 0. The van der Waals surface area contributed by atoms with Gasteiger partial charge in [-0.05, 0) is 6.07 Å². The fourth-order valence-corrected chi connectivity index (χ4v) is 6.03. The first-order chi connectivity index (χ1) is 17.9. The fourth-order valence-electron chi connectivity index (χ4n) is 4.14. The number of thiazole rings is 1. The van der Waals surface area contributed by atoms with Crippen molar-refractivity contribution in [1.29, 1.82) is 0 Å². The maximum Gasteiger partial charge on any atom is 0.352 e.